The number of nitrogens with two attached hydrogens (primary N) is 1. The van der Waals surface area contributed by atoms with Crippen molar-refractivity contribution in [2.24, 2.45) is 11.7 Å². The van der Waals surface area contributed by atoms with Crippen LogP contribution in [0.1, 0.15) is 24.5 Å². The molecule has 1 saturated heterocycles. The first kappa shape index (κ1) is 13.0. The van der Waals surface area contributed by atoms with Gasteiger partial charge in [0.2, 0.25) is 0 Å². The number of rotatable bonds is 2. The first-order chi connectivity index (χ1) is 8.61. The van der Waals surface area contributed by atoms with Gasteiger partial charge in [0.15, 0.2) is 0 Å². The summed E-state index contributed by atoms with van der Waals surface area (Å²) in [5.41, 5.74) is 6.68. The lowest BCUT2D eigenvalue weighted by Crippen LogP contribution is -2.45. The van der Waals surface area contributed by atoms with Gasteiger partial charge in [-0.2, -0.15) is 5.26 Å². The van der Waals surface area contributed by atoms with Crippen LogP contribution in [0.2, 0.25) is 0 Å². The third kappa shape index (κ3) is 2.69. The van der Waals surface area contributed by atoms with Crippen molar-refractivity contribution in [3.63, 3.8) is 0 Å². The van der Waals surface area contributed by atoms with Crippen LogP contribution >= 0.6 is 0 Å². The lowest BCUT2D eigenvalue weighted by atomic mass is 9.94. The van der Waals surface area contributed by atoms with Crippen LogP contribution in [-0.4, -0.2) is 24.0 Å². The smallest absolute Gasteiger partial charge is 0.145 e. The molecule has 0 spiro atoms. The average Bonchev–Trinajstić information content (AvgIpc) is 2.36. The largest absolute Gasteiger partial charge is 0.327 e. The van der Waals surface area contributed by atoms with Gasteiger partial charge in [0.25, 0.3) is 0 Å². The Morgan fingerprint density at radius 1 is 1.56 bits per heavy atom. The summed E-state index contributed by atoms with van der Waals surface area (Å²) in [6, 6.07) is 7.11. The van der Waals surface area contributed by atoms with Crippen molar-refractivity contribution in [3.8, 4) is 6.07 Å². The summed E-state index contributed by atoms with van der Waals surface area (Å²) >= 11 is 0. The number of hydrogen-bond acceptors (Lipinski definition) is 3. The molecule has 1 aliphatic heterocycles. The molecule has 1 aromatic rings. The Morgan fingerprint density at radius 2 is 2.33 bits per heavy atom. The number of benzene rings is 1. The topological polar surface area (TPSA) is 53.0 Å². The minimum absolute atomic E-state index is 0.120. The summed E-state index contributed by atoms with van der Waals surface area (Å²) in [6.45, 7) is 4.45. The zero-order valence-corrected chi connectivity index (χ0v) is 10.6. The number of halogens is 1. The van der Waals surface area contributed by atoms with E-state index in [1.807, 2.05) is 6.07 Å². The second kappa shape index (κ2) is 5.47. The molecule has 0 aromatic heterocycles. The van der Waals surface area contributed by atoms with E-state index >= 15 is 0 Å². The van der Waals surface area contributed by atoms with Gasteiger partial charge in [0.05, 0.1) is 5.56 Å². The molecule has 0 bridgehead atoms. The van der Waals surface area contributed by atoms with Crippen molar-refractivity contribution in [2.75, 3.05) is 13.1 Å². The summed E-state index contributed by atoms with van der Waals surface area (Å²) in [5, 5.41) is 8.81. The average molecular weight is 247 g/mol. The van der Waals surface area contributed by atoms with Gasteiger partial charge in [-0.3, -0.25) is 4.90 Å². The van der Waals surface area contributed by atoms with Gasteiger partial charge in [-0.05, 0) is 24.9 Å². The molecule has 2 unspecified atom stereocenters. The van der Waals surface area contributed by atoms with Crippen LogP contribution in [0.25, 0.3) is 0 Å². The number of likely N-dealkylation sites (tertiary alicyclic amines) is 1. The molecule has 0 saturated carbocycles. The molecule has 1 aromatic carbocycles. The zero-order valence-electron chi connectivity index (χ0n) is 10.6. The van der Waals surface area contributed by atoms with Crippen LogP contribution in [0.4, 0.5) is 4.39 Å². The third-order valence-corrected chi connectivity index (χ3v) is 3.65. The van der Waals surface area contributed by atoms with Crippen molar-refractivity contribution < 1.29 is 4.39 Å². The molecule has 0 amide bonds. The molecule has 18 heavy (non-hydrogen) atoms. The maximum absolute atomic E-state index is 13.9. The molecule has 2 atom stereocenters. The molecular weight excluding hydrogens is 229 g/mol. The maximum Gasteiger partial charge on any atom is 0.145 e. The molecule has 2 rings (SSSR count). The van der Waals surface area contributed by atoms with Crippen molar-refractivity contribution >= 4 is 0 Å². The van der Waals surface area contributed by atoms with Gasteiger partial charge in [0, 0.05) is 24.7 Å². The van der Waals surface area contributed by atoms with Crippen LogP contribution in [0.3, 0.4) is 0 Å². The van der Waals surface area contributed by atoms with Gasteiger partial charge >= 0.3 is 0 Å². The lowest BCUT2D eigenvalue weighted by molar-refractivity contribution is 0.156. The molecular formula is C14H18FN3. The van der Waals surface area contributed by atoms with E-state index < -0.39 is 0 Å². The Hall–Kier alpha value is -1.44. The van der Waals surface area contributed by atoms with E-state index in [0.29, 0.717) is 18.0 Å². The second-order valence-corrected chi connectivity index (χ2v) is 5.06. The predicted octanol–water partition coefficient (Wildman–Crippen LogP) is 1.87. The van der Waals surface area contributed by atoms with E-state index in [1.54, 1.807) is 12.1 Å². The monoisotopic (exact) mass is 247 g/mol. The van der Waals surface area contributed by atoms with E-state index in [-0.39, 0.29) is 17.4 Å². The van der Waals surface area contributed by atoms with Gasteiger partial charge in [-0.25, -0.2) is 4.39 Å². The Labute approximate surface area is 107 Å². The molecule has 0 aliphatic carbocycles. The molecule has 96 valence electrons. The highest BCUT2D eigenvalue weighted by molar-refractivity contribution is 5.34. The van der Waals surface area contributed by atoms with E-state index in [1.165, 1.54) is 6.07 Å². The fourth-order valence-corrected chi connectivity index (χ4v) is 2.42. The highest BCUT2D eigenvalue weighted by atomic mass is 19.1. The standard InChI is InChI=1S/C14H18FN3/c1-10-8-18(6-5-13(10)17)9-12-4-2-3-11(7-16)14(12)15/h2-4,10,13H,5-6,8-9,17H2,1H3. The van der Waals surface area contributed by atoms with Crippen molar-refractivity contribution in [1.82, 2.24) is 4.90 Å². The highest BCUT2D eigenvalue weighted by Gasteiger charge is 2.23. The first-order valence-corrected chi connectivity index (χ1v) is 6.27. The number of hydrogen-bond donors (Lipinski definition) is 1. The van der Waals surface area contributed by atoms with Crippen LogP contribution in [0, 0.1) is 23.1 Å². The second-order valence-electron chi connectivity index (χ2n) is 5.06. The van der Waals surface area contributed by atoms with Crippen molar-refractivity contribution in [1.29, 1.82) is 5.26 Å². The molecule has 2 N–H and O–H groups in total. The zero-order chi connectivity index (χ0) is 13.1. The quantitative estimate of drug-likeness (QED) is 0.868. The minimum Gasteiger partial charge on any atom is -0.327 e. The molecule has 3 nitrogen and oxygen atoms in total. The number of piperidine rings is 1. The van der Waals surface area contributed by atoms with Gasteiger partial charge in [-0.15, -0.1) is 0 Å². The molecule has 0 radical (unpaired) electrons. The Balaban J connectivity index is 2.09. The molecule has 1 heterocycles. The third-order valence-electron chi connectivity index (χ3n) is 3.65. The van der Waals surface area contributed by atoms with Gasteiger partial charge in [0.1, 0.15) is 11.9 Å². The number of nitriles is 1. The van der Waals surface area contributed by atoms with Crippen molar-refractivity contribution in [2.45, 2.75) is 25.9 Å². The normalized spacial score (nSPS) is 24.8. The van der Waals surface area contributed by atoms with Gasteiger partial charge < -0.3 is 5.73 Å². The molecule has 4 heteroatoms. The van der Waals surface area contributed by atoms with E-state index in [0.717, 1.165) is 19.5 Å². The van der Waals surface area contributed by atoms with Crippen LogP contribution in [0.5, 0.6) is 0 Å². The maximum atomic E-state index is 13.9. The number of nitrogens with zero attached hydrogens (tertiary/aromatic N) is 2. The van der Waals surface area contributed by atoms with E-state index in [2.05, 4.69) is 11.8 Å². The molecule has 1 aliphatic rings. The van der Waals surface area contributed by atoms with Crippen molar-refractivity contribution in [3.05, 3.63) is 35.1 Å². The Kier molecular flexibility index (Phi) is 3.95. The summed E-state index contributed by atoms with van der Waals surface area (Å²) in [4.78, 5) is 2.20. The summed E-state index contributed by atoms with van der Waals surface area (Å²) < 4.78 is 13.9. The van der Waals surface area contributed by atoms with E-state index in [9.17, 15) is 4.39 Å². The fraction of sp³-hybridized carbons (Fsp3) is 0.500. The Bertz CT molecular complexity index is 467. The van der Waals surface area contributed by atoms with E-state index in [4.69, 9.17) is 11.0 Å². The minimum atomic E-state index is -0.387. The van der Waals surface area contributed by atoms with Crippen LogP contribution in [0.15, 0.2) is 18.2 Å². The SMILES string of the molecule is CC1CN(Cc2cccc(C#N)c2F)CCC1N. The van der Waals surface area contributed by atoms with Crippen LogP contribution < -0.4 is 5.73 Å². The first-order valence-electron chi connectivity index (χ1n) is 6.27. The predicted molar refractivity (Wildman–Crippen MR) is 68.1 cm³/mol. The summed E-state index contributed by atoms with van der Waals surface area (Å²) in [5.74, 6) is 0.0449. The lowest BCUT2D eigenvalue weighted by Gasteiger charge is -2.35. The van der Waals surface area contributed by atoms with Crippen LogP contribution in [-0.2, 0) is 6.54 Å². The Morgan fingerprint density at radius 3 is 3.00 bits per heavy atom. The summed E-state index contributed by atoms with van der Waals surface area (Å²) in [7, 11) is 0. The molecule has 1 fully saturated rings. The fourth-order valence-electron chi connectivity index (χ4n) is 2.42. The van der Waals surface area contributed by atoms with Gasteiger partial charge in [-0.1, -0.05) is 19.1 Å². The highest BCUT2D eigenvalue weighted by Crippen LogP contribution is 2.19. The summed E-state index contributed by atoms with van der Waals surface area (Å²) in [6.07, 6.45) is 0.945.